The van der Waals surface area contributed by atoms with Crippen LogP contribution in [0.3, 0.4) is 0 Å². The molecule has 1 unspecified atom stereocenters. The van der Waals surface area contributed by atoms with Gasteiger partial charge in [-0.2, -0.15) is 0 Å². The fraction of sp³-hybridized carbons (Fsp3) is 0.350. The number of likely N-dealkylation sites (tertiary alicyclic amines) is 1. The number of rotatable bonds is 3. The van der Waals surface area contributed by atoms with Crippen molar-refractivity contribution in [2.75, 3.05) is 11.9 Å². The highest BCUT2D eigenvalue weighted by Crippen LogP contribution is 2.26. The van der Waals surface area contributed by atoms with Crippen LogP contribution >= 0.6 is 0 Å². The summed E-state index contributed by atoms with van der Waals surface area (Å²) in [5.41, 5.74) is 3.86. The van der Waals surface area contributed by atoms with E-state index in [0.29, 0.717) is 13.0 Å². The third kappa shape index (κ3) is 3.87. The van der Waals surface area contributed by atoms with Gasteiger partial charge in [-0.25, -0.2) is 0 Å². The zero-order valence-corrected chi connectivity index (χ0v) is 14.7. The second-order valence-corrected chi connectivity index (χ2v) is 6.48. The number of carbonyl (C=O) groups is 2. The van der Waals surface area contributed by atoms with Gasteiger partial charge in [-0.1, -0.05) is 12.1 Å². The first-order chi connectivity index (χ1) is 12.1. The number of pyridine rings is 1. The smallest absolute Gasteiger partial charge is 0.247 e. The molecule has 2 amide bonds. The molecule has 0 bridgehead atoms. The number of nitrogens with zero attached hydrogens (tertiary/aromatic N) is 2. The van der Waals surface area contributed by atoms with Crippen LogP contribution in [0.2, 0.25) is 0 Å². The van der Waals surface area contributed by atoms with Crippen molar-refractivity contribution in [3.63, 3.8) is 0 Å². The van der Waals surface area contributed by atoms with Crippen LogP contribution in [0.5, 0.6) is 0 Å². The summed E-state index contributed by atoms with van der Waals surface area (Å²) < 4.78 is 0. The Morgan fingerprint density at radius 2 is 1.88 bits per heavy atom. The Hall–Kier alpha value is -2.69. The summed E-state index contributed by atoms with van der Waals surface area (Å²) in [5, 5.41) is 3.03. The zero-order valence-electron chi connectivity index (χ0n) is 14.7. The van der Waals surface area contributed by atoms with Crippen LogP contribution in [0.15, 0.2) is 42.7 Å². The number of nitrogens with one attached hydrogen (secondary N) is 1. The summed E-state index contributed by atoms with van der Waals surface area (Å²) in [6.45, 7) is 4.15. The van der Waals surface area contributed by atoms with Gasteiger partial charge in [0.1, 0.15) is 6.04 Å². The SMILES string of the molecule is CC(=O)N1CCCCC1C(=O)Nc1cc(-c2ccncc2)ccc1C. The topological polar surface area (TPSA) is 62.3 Å². The highest BCUT2D eigenvalue weighted by atomic mass is 16.2. The number of benzene rings is 1. The molecule has 0 saturated carbocycles. The van der Waals surface area contributed by atoms with Crippen LogP contribution in [0, 0.1) is 6.92 Å². The lowest BCUT2D eigenvalue weighted by Crippen LogP contribution is -2.49. The molecule has 130 valence electrons. The van der Waals surface area contributed by atoms with Crippen LogP contribution in [-0.2, 0) is 9.59 Å². The van der Waals surface area contributed by atoms with Crippen LogP contribution in [-0.4, -0.2) is 34.3 Å². The van der Waals surface area contributed by atoms with Gasteiger partial charge in [0.2, 0.25) is 11.8 Å². The Labute approximate surface area is 148 Å². The first-order valence-corrected chi connectivity index (χ1v) is 8.65. The maximum Gasteiger partial charge on any atom is 0.247 e. The van der Waals surface area contributed by atoms with Gasteiger partial charge in [-0.3, -0.25) is 14.6 Å². The van der Waals surface area contributed by atoms with E-state index in [4.69, 9.17) is 0 Å². The van der Waals surface area contributed by atoms with E-state index < -0.39 is 0 Å². The standard InChI is InChI=1S/C20H23N3O2/c1-14-6-7-17(16-8-10-21-11-9-16)13-18(14)22-20(25)19-5-3-4-12-23(19)15(2)24/h6-11,13,19H,3-5,12H2,1-2H3,(H,22,25). The molecular weight excluding hydrogens is 314 g/mol. The minimum Gasteiger partial charge on any atom is -0.331 e. The average molecular weight is 337 g/mol. The van der Waals surface area contributed by atoms with Gasteiger partial charge >= 0.3 is 0 Å². The minimum atomic E-state index is -0.379. The molecule has 1 aromatic carbocycles. The quantitative estimate of drug-likeness (QED) is 0.934. The summed E-state index contributed by atoms with van der Waals surface area (Å²) in [6.07, 6.45) is 6.15. The Morgan fingerprint density at radius 3 is 2.60 bits per heavy atom. The molecule has 1 saturated heterocycles. The number of anilines is 1. The molecule has 1 atom stereocenters. The molecule has 1 aliphatic rings. The molecule has 25 heavy (non-hydrogen) atoms. The van der Waals surface area contributed by atoms with Gasteiger partial charge in [0.05, 0.1) is 0 Å². The minimum absolute atomic E-state index is 0.0397. The maximum atomic E-state index is 12.8. The third-order valence-corrected chi connectivity index (χ3v) is 4.72. The average Bonchev–Trinajstić information content (AvgIpc) is 2.64. The van der Waals surface area contributed by atoms with Crippen LogP contribution in [0.4, 0.5) is 5.69 Å². The van der Waals surface area contributed by atoms with E-state index in [2.05, 4.69) is 10.3 Å². The molecule has 0 aliphatic carbocycles. The Balaban J connectivity index is 1.82. The molecule has 1 fully saturated rings. The van der Waals surface area contributed by atoms with E-state index in [1.807, 2.05) is 37.3 Å². The van der Waals surface area contributed by atoms with Crippen LogP contribution < -0.4 is 5.32 Å². The Kier molecular flexibility index (Phi) is 5.12. The number of hydrogen-bond donors (Lipinski definition) is 1. The van der Waals surface area contributed by atoms with Crippen molar-refractivity contribution in [3.8, 4) is 11.1 Å². The molecule has 0 radical (unpaired) electrons. The van der Waals surface area contributed by atoms with Crippen molar-refractivity contribution in [1.82, 2.24) is 9.88 Å². The largest absolute Gasteiger partial charge is 0.331 e. The molecule has 0 spiro atoms. The third-order valence-electron chi connectivity index (χ3n) is 4.72. The van der Waals surface area contributed by atoms with Crippen molar-refractivity contribution in [2.45, 2.75) is 39.2 Å². The number of carbonyl (C=O) groups excluding carboxylic acids is 2. The normalized spacial score (nSPS) is 17.2. The second-order valence-electron chi connectivity index (χ2n) is 6.48. The summed E-state index contributed by atoms with van der Waals surface area (Å²) >= 11 is 0. The van der Waals surface area contributed by atoms with Crippen LogP contribution in [0.25, 0.3) is 11.1 Å². The summed E-state index contributed by atoms with van der Waals surface area (Å²) in [5.74, 6) is -0.146. The monoisotopic (exact) mass is 337 g/mol. The Morgan fingerprint density at radius 1 is 1.12 bits per heavy atom. The molecule has 5 nitrogen and oxygen atoms in total. The molecule has 1 aromatic heterocycles. The number of piperidine rings is 1. The highest BCUT2D eigenvalue weighted by Gasteiger charge is 2.30. The molecule has 5 heteroatoms. The van der Waals surface area contributed by atoms with E-state index in [9.17, 15) is 9.59 Å². The number of amides is 2. The molecule has 3 rings (SSSR count). The molecule has 2 heterocycles. The van der Waals surface area contributed by atoms with Crippen molar-refractivity contribution >= 4 is 17.5 Å². The predicted molar refractivity (Wildman–Crippen MR) is 98.1 cm³/mol. The van der Waals surface area contributed by atoms with Crippen molar-refractivity contribution in [1.29, 1.82) is 0 Å². The van der Waals surface area contributed by atoms with E-state index in [-0.39, 0.29) is 17.9 Å². The zero-order chi connectivity index (χ0) is 17.8. The highest BCUT2D eigenvalue weighted by molar-refractivity contribution is 5.98. The van der Waals surface area contributed by atoms with Crippen molar-refractivity contribution < 1.29 is 9.59 Å². The van der Waals surface area contributed by atoms with Gasteiger partial charge in [0.25, 0.3) is 0 Å². The summed E-state index contributed by atoms with van der Waals surface area (Å²) in [7, 11) is 0. The molecule has 1 N–H and O–H groups in total. The lowest BCUT2D eigenvalue weighted by Gasteiger charge is -2.34. The fourth-order valence-corrected chi connectivity index (χ4v) is 3.28. The lowest BCUT2D eigenvalue weighted by atomic mass is 10.00. The van der Waals surface area contributed by atoms with E-state index in [1.165, 1.54) is 6.92 Å². The van der Waals surface area contributed by atoms with Crippen molar-refractivity contribution in [2.24, 2.45) is 0 Å². The predicted octanol–water partition coefficient (Wildman–Crippen LogP) is 3.40. The van der Waals surface area contributed by atoms with E-state index in [0.717, 1.165) is 35.2 Å². The van der Waals surface area contributed by atoms with E-state index in [1.54, 1.807) is 17.3 Å². The first kappa shape index (κ1) is 17.1. The number of aryl methyl sites for hydroxylation is 1. The number of aromatic nitrogens is 1. The fourth-order valence-electron chi connectivity index (χ4n) is 3.28. The van der Waals surface area contributed by atoms with Gasteiger partial charge < -0.3 is 10.2 Å². The second kappa shape index (κ2) is 7.47. The Bertz CT molecular complexity index is 774. The van der Waals surface area contributed by atoms with Crippen LogP contribution in [0.1, 0.15) is 31.7 Å². The molecule has 2 aromatic rings. The van der Waals surface area contributed by atoms with Crippen molar-refractivity contribution in [3.05, 3.63) is 48.3 Å². The summed E-state index contributed by atoms with van der Waals surface area (Å²) in [4.78, 5) is 30.3. The maximum absolute atomic E-state index is 12.8. The molecular formula is C20H23N3O2. The molecule has 1 aliphatic heterocycles. The van der Waals surface area contributed by atoms with Gasteiger partial charge in [-0.05, 0) is 61.1 Å². The van der Waals surface area contributed by atoms with Gasteiger partial charge in [-0.15, -0.1) is 0 Å². The lowest BCUT2D eigenvalue weighted by molar-refractivity contribution is -0.138. The first-order valence-electron chi connectivity index (χ1n) is 8.65. The van der Waals surface area contributed by atoms with E-state index >= 15 is 0 Å². The number of hydrogen-bond acceptors (Lipinski definition) is 3. The summed E-state index contributed by atoms with van der Waals surface area (Å²) in [6, 6.07) is 9.50. The van der Waals surface area contributed by atoms with Gasteiger partial charge in [0, 0.05) is 31.5 Å². The van der Waals surface area contributed by atoms with Gasteiger partial charge in [0.15, 0.2) is 0 Å².